The van der Waals surface area contributed by atoms with Gasteiger partial charge in [-0.15, -0.1) is 0 Å². The molecule has 0 amide bonds. The number of methoxy groups -OCH3 is 6. The Hall–Kier alpha value is -5.98. The maximum atomic E-state index is 13.8. The Morgan fingerprint density at radius 1 is 0.592 bits per heavy atom. The number of rotatable bonds is 9. The molecule has 0 aromatic heterocycles. The van der Waals surface area contributed by atoms with Crippen molar-refractivity contribution in [2.75, 3.05) is 42.7 Å². The van der Waals surface area contributed by atoms with E-state index in [2.05, 4.69) is 0 Å². The number of fused-ring (bicyclic) bond motifs is 2. The lowest BCUT2D eigenvalue weighted by atomic mass is 9.86. The van der Waals surface area contributed by atoms with Gasteiger partial charge in [0, 0.05) is 34.9 Å². The van der Waals surface area contributed by atoms with Crippen molar-refractivity contribution in [1.82, 2.24) is 0 Å². The molecular weight excluding hydrogens is 640 g/mol. The van der Waals surface area contributed by atoms with Gasteiger partial charge < -0.3 is 53.2 Å². The van der Waals surface area contributed by atoms with Crippen molar-refractivity contribution in [3.05, 3.63) is 64.7 Å². The fourth-order valence-corrected chi connectivity index (χ4v) is 6.32. The van der Waals surface area contributed by atoms with E-state index in [4.69, 9.17) is 37.9 Å². The van der Waals surface area contributed by atoms with Crippen LogP contribution in [0.15, 0.2) is 42.5 Å². The summed E-state index contributed by atoms with van der Waals surface area (Å²) >= 11 is 0. The van der Waals surface area contributed by atoms with Crippen LogP contribution in [0.3, 0.4) is 0 Å². The molecule has 4 aromatic carbocycles. The van der Waals surface area contributed by atoms with Crippen LogP contribution < -0.4 is 37.9 Å². The third-order valence-electron chi connectivity index (χ3n) is 8.61. The second kappa shape index (κ2) is 12.9. The normalized spacial score (nSPS) is 16.4. The molecule has 0 saturated carbocycles. The molecule has 2 aliphatic heterocycles. The largest absolute Gasteiger partial charge is 0.507 e. The summed E-state index contributed by atoms with van der Waals surface area (Å²) in [7, 11) is 8.46. The topological polar surface area (TPSA) is 169 Å². The van der Waals surface area contributed by atoms with Crippen LogP contribution in [-0.2, 0) is 0 Å². The smallest absolute Gasteiger partial charge is 0.200 e. The van der Waals surface area contributed by atoms with E-state index in [-0.39, 0.29) is 92.8 Å². The van der Waals surface area contributed by atoms with Gasteiger partial charge in [0.25, 0.3) is 0 Å². The van der Waals surface area contributed by atoms with Crippen molar-refractivity contribution >= 4 is 11.6 Å². The maximum Gasteiger partial charge on any atom is 0.200 e. The van der Waals surface area contributed by atoms with Gasteiger partial charge in [-0.25, -0.2) is 0 Å². The molecular formula is C36H34O13. The molecule has 4 aromatic rings. The average Bonchev–Trinajstić information content (AvgIpc) is 3.10. The summed E-state index contributed by atoms with van der Waals surface area (Å²) in [6.45, 7) is 0. The maximum absolute atomic E-state index is 13.8. The first-order valence-electron chi connectivity index (χ1n) is 15.0. The molecule has 256 valence electrons. The summed E-state index contributed by atoms with van der Waals surface area (Å²) < 4.78 is 46.2. The minimum absolute atomic E-state index is 0.0233. The van der Waals surface area contributed by atoms with Crippen molar-refractivity contribution in [3.63, 3.8) is 0 Å². The Morgan fingerprint density at radius 2 is 1.20 bits per heavy atom. The molecule has 6 rings (SSSR count). The average molecular weight is 675 g/mol. The molecule has 0 spiro atoms. The van der Waals surface area contributed by atoms with Crippen molar-refractivity contribution in [2.45, 2.75) is 25.0 Å². The summed E-state index contributed by atoms with van der Waals surface area (Å²) in [5, 5.41) is 32.2. The predicted octanol–water partition coefficient (Wildman–Crippen LogP) is 5.94. The van der Waals surface area contributed by atoms with E-state index >= 15 is 0 Å². The predicted molar refractivity (Wildman–Crippen MR) is 174 cm³/mol. The molecule has 2 aliphatic rings. The lowest BCUT2D eigenvalue weighted by Gasteiger charge is -2.32. The zero-order chi connectivity index (χ0) is 35.1. The molecule has 13 heteroatoms. The zero-order valence-electron chi connectivity index (χ0n) is 27.5. The second-order valence-electron chi connectivity index (χ2n) is 11.2. The molecule has 0 aliphatic carbocycles. The highest BCUT2D eigenvalue weighted by Gasteiger charge is 2.39. The van der Waals surface area contributed by atoms with Crippen LogP contribution in [0.2, 0.25) is 0 Å². The molecule has 0 fully saturated rings. The van der Waals surface area contributed by atoms with Crippen LogP contribution in [0.25, 0.3) is 11.1 Å². The Labute approximate surface area is 281 Å². The molecule has 13 nitrogen and oxygen atoms in total. The quantitative estimate of drug-likeness (QED) is 0.191. The van der Waals surface area contributed by atoms with Gasteiger partial charge in [0.2, 0.25) is 5.75 Å². The third-order valence-corrected chi connectivity index (χ3v) is 8.61. The number of carbonyl (C=O) groups excluding carboxylic acids is 2. The van der Waals surface area contributed by atoms with Crippen molar-refractivity contribution in [3.8, 4) is 74.4 Å². The van der Waals surface area contributed by atoms with Gasteiger partial charge >= 0.3 is 0 Å². The second-order valence-corrected chi connectivity index (χ2v) is 11.2. The van der Waals surface area contributed by atoms with Gasteiger partial charge in [-0.2, -0.15) is 0 Å². The Bertz CT molecular complexity index is 1960. The first kappa shape index (κ1) is 32.9. The van der Waals surface area contributed by atoms with Gasteiger partial charge in [0.05, 0.1) is 61.1 Å². The molecule has 0 bridgehead atoms. The van der Waals surface area contributed by atoms with Crippen LogP contribution in [0.5, 0.6) is 63.2 Å². The number of ether oxygens (including phenoxy) is 8. The first-order valence-corrected chi connectivity index (χ1v) is 15.0. The van der Waals surface area contributed by atoms with Gasteiger partial charge in [-0.1, -0.05) is 6.07 Å². The molecule has 0 unspecified atom stereocenters. The van der Waals surface area contributed by atoms with Crippen molar-refractivity contribution in [1.29, 1.82) is 0 Å². The number of Topliss-reactive ketones (excluding diaryl/α,β-unsaturated/α-hetero) is 2. The lowest BCUT2D eigenvalue weighted by Crippen LogP contribution is -2.23. The fourth-order valence-electron chi connectivity index (χ4n) is 6.32. The molecule has 2 heterocycles. The summed E-state index contributed by atoms with van der Waals surface area (Å²) in [5.74, 6) is -0.512. The van der Waals surface area contributed by atoms with Crippen LogP contribution >= 0.6 is 0 Å². The Balaban J connectivity index is 1.59. The molecule has 2 atom stereocenters. The number of hydrogen-bond donors (Lipinski definition) is 3. The number of benzene rings is 4. The summed E-state index contributed by atoms with van der Waals surface area (Å²) in [4.78, 5) is 27.3. The fraction of sp³-hybridized carbons (Fsp3) is 0.278. The van der Waals surface area contributed by atoms with Gasteiger partial charge in [-0.3, -0.25) is 9.59 Å². The number of phenolic OH excluding ortho intramolecular Hbond substituents is 3. The number of phenols is 3. The summed E-state index contributed by atoms with van der Waals surface area (Å²) in [6, 6.07) is 10.5. The highest BCUT2D eigenvalue weighted by atomic mass is 16.5. The molecule has 0 radical (unpaired) electrons. The standard InChI is InChI=1S/C36H34O13/c1-42-17-11-19(37)31-20(38)14-25(48-27(31)12-17)18-7-8-23(43-2)35(47-6)30(18)33-26(44-3)15-22(40)32-21(39)13-24(49-36(32)33)16-9-28(45-4)34(41)29(10-16)46-5/h7-12,15,24-25,37,40-41H,13-14H2,1-6H3/t24-,25+/m0/s1. The van der Waals surface area contributed by atoms with Crippen LogP contribution in [0, 0.1) is 0 Å². The minimum atomic E-state index is -0.934. The molecule has 3 N–H and O–H groups in total. The van der Waals surface area contributed by atoms with E-state index in [9.17, 15) is 24.9 Å². The molecule has 0 saturated heterocycles. The van der Waals surface area contributed by atoms with Gasteiger partial charge in [0.1, 0.15) is 57.8 Å². The Morgan fingerprint density at radius 3 is 1.82 bits per heavy atom. The lowest BCUT2D eigenvalue weighted by molar-refractivity contribution is 0.0838. The van der Waals surface area contributed by atoms with Gasteiger partial charge in [0.15, 0.2) is 34.6 Å². The highest BCUT2D eigenvalue weighted by Crippen LogP contribution is 2.56. The SMILES string of the molecule is COc1cc(O)c2c(c1)O[C@@H](c1ccc(OC)c(OC)c1-c1c(OC)cc(O)c3c1O[C@H](c1cc(OC)c(O)c(OC)c1)CC3=O)CC2=O. The monoisotopic (exact) mass is 674 g/mol. The number of hydrogen-bond acceptors (Lipinski definition) is 13. The van der Waals surface area contributed by atoms with E-state index in [1.54, 1.807) is 12.1 Å². The van der Waals surface area contributed by atoms with Crippen LogP contribution in [-0.4, -0.2) is 69.5 Å². The van der Waals surface area contributed by atoms with E-state index in [0.29, 0.717) is 22.4 Å². The Kier molecular flexibility index (Phi) is 8.68. The van der Waals surface area contributed by atoms with Crippen LogP contribution in [0.4, 0.5) is 0 Å². The number of aromatic hydroxyl groups is 3. The van der Waals surface area contributed by atoms with E-state index in [0.717, 1.165) is 0 Å². The minimum Gasteiger partial charge on any atom is -0.507 e. The summed E-state index contributed by atoms with van der Waals surface area (Å²) in [5.41, 5.74) is 1.32. The van der Waals surface area contributed by atoms with Crippen LogP contribution in [0.1, 0.15) is 56.9 Å². The zero-order valence-corrected chi connectivity index (χ0v) is 27.5. The van der Waals surface area contributed by atoms with E-state index in [1.807, 2.05) is 0 Å². The number of carbonyl (C=O) groups is 2. The van der Waals surface area contributed by atoms with Gasteiger partial charge in [-0.05, 0) is 18.2 Å². The van der Waals surface area contributed by atoms with E-state index < -0.39 is 18.0 Å². The summed E-state index contributed by atoms with van der Waals surface area (Å²) in [6.07, 6.45) is -2.21. The third kappa shape index (κ3) is 5.46. The van der Waals surface area contributed by atoms with Crippen molar-refractivity contribution in [2.24, 2.45) is 0 Å². The highest BCUT2D eigenvalue weighted by molar-refractivity contribution is 6.07. The first-order chi connectivity index (χ1) is 23.6. The molecule has 49 heavy (non-hydrogen) atoms. The van der Waals surface area contributed by atoms with E-state index in [1.165, 1.54) is 73.0 Å². The number of ketones is 2. The van der Waals surface area contributed by atoms with Crippen molar-refractivity contribution < 1.29 is 62.8 Å².